The largest absolute Gasteiger partial charge is 0.380 e. The topological polar surface area (TPSA) is 83.6 Å². The van der Waals surface area contributed by atoms with Gasteiger partial charge in [0, 0.05) is 38.8 Å². The Morgan fingerprint density at radius 3 is 1.96 bits per heavy atom. The van der Waals surface area contributed by atoms with Crippen molar-refractivity contribution in [1.82, 2.24) is 0 Å². The van der Waals surface area contributed by atoms with Gasteiger partial charge in [0.1, 0.15) is 0 Å². The lowest BCUT2D eigenvalue weighted by Gasteiger charge is -2.14. The normalized spacial score (nSPS) is 12.0. The Labute approximate surface area is 149 Å². The van der Waals surface area contributed by atoms with E-state index in [4.69, 9.17) is 0 Å². The van der Waals surface area contributed by atoms with Crippen LogP contribution in [0.4, 0.5) is 11.4 Å². The molecule has 2 rings (SSSR count). The molecular weight excluding hydrogens is 360 g/mol. The SMILES string of the molecule is CN(C)c1ccc(CNc2ccc(S(C)(=O)=O)cc2S(C)(=O)=O)cc1. The lowest BCUT2D eigenvalue weighted by atomic mass is 10.2. The Balaban J connectivity index is 2.30. The van der Waals surface area contributed by atoms with Crippen LogP contribution >= 0.6 is 0 Å². The molecule has 0 saturated heterocycles. The molecular formula is C17H22N2O4S2. The van der Waals surface area contributed by atoms with Gasteiger partial charge in [-0.1, -0.05) is 12.1 Å². The maximum absolute atomic E-state index is 12.0. The third-order valence-electron chi connectivity index (χ3n) is 3.72. The molecule has 0 radical (unpaired) electrons. The molecule has 2 aromatic rings. The van der Waals surface area contributed by atoms with Gasteiger partial charge >= 0.3 is 0 Å². The van der Waals surface area contributed by atoms with Crippen molar-refractivity contribution < 1.29 is 16.8 Å². The Morgan fingerprint density at radius 1 is 0.880 bits per heavy atom. The number of rotatable bonds is 6. The van der Waals surface area contributed by atoms with E-state index in [1.807, 2.05) is 43.3 Å². The number of benzene rings is 2. The van der Waals surface area contributed by atoms with Crippen molar-refractivity contribution in [1.29, 1.82) is 0 Å². The fourth-order valence-electron chi connectivity index (χ4n) is 2.30. The molecule has 0 fully saturated rings. The summed E-state index contributed by atoms with van der Waals surface area (Å²) in [6.07, 6.45) is 2.11. The number of sulfone groups is 2. The highest BCUT2D eigenvalue weighted by atomic mass is 32.2. The minimum absolute atomic E-state index is 0.0196. The van der Waals surface area contributed by atoms with Gasteiger partial charge in [0.25, 0.3) is 0 Å². The average Bonchev–Trinajstić information content (AvgIpc) is 2.51. The first kappa shape index (κ1) is 19.3. The molecule has 136 valence electrons. The second kappa shape index (κ2) is 7.05. The van der Waals surface area contributed by atoms with Gasteiger partial charge in [0.2, 0.25) is 0 Å². The van der Waals surface area contributed by atoms with E-state index in [9.17, 15) is 16.8 Å². The van der Waals surface area contributed by atoms with E-state index >= 15 is 0 Å². The fourth-order valence-corrected chi connectivity index (χ4v) is 3.90. The summed E-state index contributed by atoms with van der Waals surface area (Å²) >= 11 is 0. The zero-order valence-corrected chi connectivity index (χ0v) is 16.3. The number of nitrogens with one attached hydrogen (secondary N) is 1. The van der Waals surface area contributed by atoms with Crippen molar-refractivity contribution in [3.05, 3.63) is 48.0 Å². The zero-order valence-electron chi connectivity index (χ0n) is 14.6. The molecule has 25 heavy (non-hydrogen) atoms. The van der Waals surface area contributed by atoms with Gasteiger partial charge in [0.15, 0.2) is 19.7 Å². The summed E-state index contributed by atoms with van der Waals surface area (Å²) in [5.41, 5.74) is 2.43. The molecule has 0 heterocycles. The molecule has 1 N–H and O–H groups in total. The minimum atomic E-state index is -3.57. The van der Waals surface area contributed by atoms with Crippen LogP contribution in [0.5, 0.6) is 0 Å². The summed E-state index contributed by atoms with van der Waals surface area (Å²) in [5, 5.41) is 3.08. The quantitative estimate of drug-likeness (QED) is 0.824. The summed E-state index contributed by atoms with van der Waals surface area (Å²) in [5.74, 6) is 0. The first-order chi connectivity index (χ1) is 11.5. The van der Waals surface area contributed by atoms with Gasteiger partial charge in [-0.3, -0.25) is 0 Å². The number of nitrogens with zero attached hydrogens (tertiary/aromatic N) is 1. The van der Waals surface area contributed by atoms with Crippen molar-refractivity contribution in [3.63, 3.8) is 0 Å². The average molecular weight is 383 g/mol. The molecule has 2 aromatic carbocycles. The van der Waals surface area contributed by atoms with Crippen LogP contribution < -0.4 is 10.2 Å². The highest BCUT2D eigenvalue weighted by Crippen LogP contribution is 2.26. The van der Waals surface area contributed by atoms with Crippen molar-refractivity contribution >= 4 is 31.0 Å². The Bertz CT molecular complexity index is 964. The van der Waals surface area contributed by atoms with Gasteiger partial charge < -0.3 is 10.2 Å². The lowest BCUT2D eigenvalue weighted by Crippen LogP contribution is -2.10. The van der Waals surface area contributed by atoms with Gasteiger partial charge in [0.05, 0.1) is 15.5 Å². The van der Waals surface area contributed by atoms with Crippen LogP contribution in [0.1, 0.15) is 5.56 Å². The standard InChI is InChI=1S/C17H22N2O4S2/c1-19(2)14-7-5-13(6-8-14)12-18-16-10-9-15(24(3,20)21)11-17(16)25(4,22)23/h5-11,18H,12H2,1-4H3. The zero-order chi connectivity index (χ0) is 18.8. The molecule has 0 saturated carbocycles. The van der Waals surface area contributed by atoms with Crippen LogP contribution in [-0.2, 0) is 26.2 Å². The molecule has 0 unspecified atom stereocenters. The molecule has 0 bridgehead atoms. The smallest absolute Gasteiger partial charge is 0.177 e. The monoisotopic (exact) mass is 382 g/mol. The van der Waals surface area contributed by atoms with E-state index in [1.54, 1.807) is 0 Å². The number of hydrogen-bond acceptors (Lipinski definition) is 6. The van der Waals surface area contributed by atoms with E-state index in [1.165, 1.54) is 18.2 Å². The van der Waals surface area contributed by atoms with Crippen LogP contribution in [0, 0.1) is 0 Å². The van der Waals surface area contributed by atoms with Crippen LogP contribution in [0.15, 0.2) is 52.3 Å². The predicted octanol–water partition coefficient (Wildman–Crippen LogP) is 2.17. The third-order valence-corrected chi connectivity index (χ3v) is 5.96. The van der Waals surface area contributed by atoms with Gasteiger partial charge in [-0.25, -0.2) is 16.8 Å². The maximum Gasteiger partial charge on any atom is 0.177 e. The summed E-state index contributed by atoms with van der Waals surface area (Å²) < 4.78 is 47.4. The van der Waals surface area contributed by atoms with E-state index in [0.29, 0.717) is 12.2 Å². The summed E-state index contributed by atoms with van der Waals surface area (Å²) in [4.78, 5) is 1.94. The van der Waals surface area contributed by atoms with E-state index < -0.39 is 19.7 Å². The van der Waals surface area contributed by atoms with E-state index in [0.717, 1.165) is 23.8 Å². The molecule has 0 aliphatic heterocycles. The maximum atomic E-state index is 12.0. The van der Waals surface area contributed by atoms with Gasteiger partial charge in [-0.15, -0.1) is 0 Å². The Hall–Kier alpha value is -2.06. The third kappa shape index (κ3) is 4.96. The van der Waals surface area contributed by atoms with Crippen molar-refractivity contribution in [2.75, 3.05) is 36.8 Å². The fraction of sp³-hybridized carbons (Fsp3) is 0.294. The predicted molar refractivity (Wildman–Crippen MR) is 101 cm³/mol. The summed E-state index contributed by atoms with van der Waals surface area (Å²) in [7, 11) is -3.14. The van der Waals surface area contributed by atoms with Crippen LogP contribution in [-0.4, -0.2) is 43.4 Å². The first-order valence-electron chi connectivity index (χ1n) is 7.53. The van der Waals surface area contributed by atoms with Crippen LogP contribution in [0.2, 0.25) is 0 Å². The Kier molecular flexibility index (Phi) is 5.43. The van der Waals surface area contributed by atoms with Crippen LogP contribution in [0.25, 0.3) is 0 Å². The summed E-state index contributed by atoms with van der Waals surface area (Å²) in [6.45, 7) is 0.425. The lowest BCUT2D eigenvalue weighted by molar-refractivity contribution is 0.600. The molecule has 8 heteroatoms. The summed E-state index contributed by atoms with van der Waals surface area (Å²) in [6, 6.07) is 11.9. The molecule has 6 nitrogen and oxygen atoms in total. The molecule has 0 aliphatic carbocycles. The highest BCUT2D eigenvalue weighted by Gasteiger charge is 2.17. The highest BCUT2D eigenvalue weighted by molar-refractivity contribution is 7.91. The second-order valence-corrected chi connectivity index (χ2v) is 10.1. The Morgan fingerprint density at radius 2 is 1.48 bits per heavy atom. The molecule has 0 aliphatic rings. The minimum Gasteiger partial charge on any atom is -0.380 e. The van der Waals surface area contributed by atoms with Gasteiger partial charge in [-0.2, -0.15) is 0 Å². The molecule has 0 aromatic heterocycles. The molecule has 0 amide bonds. The number of hydrogen-bond donors (Lipinski definition) is 1. The molecule has 0 spiro atoms. The van der Waals surface area contributed by atoms with Crippen molar-refractivity contribution in [2.24, 2.45) is 0 Å². The van der Waals surface area contributed by atoms with E-state index in [2.05, 4.69) is 5.32 Å². The van der Waals surface area contributed by atoms with Crippen LogP contribution in [0.3, 0.4) is 0 Å². The first-order valence-corrected chi connectivity index (χ1v) is 11.3. The van der Waals surface area contributed by atoms with Crippen molar-refractivity contribution in [3.8, 4) is 0 Å². The van der Waals surface area contributed by atoms with Gasteiger partial charge in [-0.05, 0) is 35.9 Å². The second-order valence-electron chi connectivity index (χ2n) is 6.12. The van der Waals surface area contributed by atoms with Crippen molar-refractivity contribution in [2.45, 2.75) is 16.3 Å². The number of anilines is 2. The molecule has 0 atom stereocenters. The van der Waals surface area contributed by atoms with E-state index in [-0.39, 0.29) is 9.79 Å².